The van der Waals surface area contributed by atoms with E-state index in [-0.39, 0.29) is 5.56 Å². The molecular formula is C14H21BrN4O. The predicted molar refractivity (Wildman–Crippen MR) is 83.0 cm³/mol. The Hall–Kier alpha value is -0.880. The van der Waals surface area contributed by atoms with Crippen LogP contribution in [0.15, 0.2) is 15.5 Å². The monoisotopic (exact) mass is 340 g/mol. The molecule has 0 bridgehead atoms. The topological polar surface area (TPSA) is 59.0 Å². The van der Waals surface area contributed by atoms with E-state index in [0.717, 1.165) is 31.9 Å². The van der Waals surface area contributed by atoms with Crippen molar-refractivity contribution in [3.8, 4) is 0 Å². The second-order valence-electron chi connectivity index (χ2n) is 5.88. The molecule has 0 aromatic carbocycles. The highest BCUT2D eigenvalue weighted by Crippen LogP contribution is 2.30. The van der Waals surface area contributed by atoms with Crippen molar-refractivity contribution < 1.29 is 0 Å². The SMILES string of the molecule is O=c1c(Br)c(NCC2CCNCC2)cnn1CC1CC1. The molecule has 1 saturated carbocycles. The van der Waals surface area contributed by atoms with Gasteiger partial charge in [0, 0.05) is 13.1 Å². The van der Waals surface area contributed by atoms with Gasteiger partial charge in [0.05, 0.1) is 11.9 Å². The minimum Gasteiger partial charge on any atom is -0.382 e. The lowest BCUT2D eigenvalue weighted by molar-refractivity contribution is 0.389. The van der Waals surface area contributed by atoms with Crippen molar-refractivity contribution in [2.75, 3.05) is 25.0 Å². The van der Waals surface area contributed by atoms with E-state index in [9.17, 15) is 4.79 Å². The summed E-state index contributed by atoms with van der Waals surface area (Å²) in [5.41, 5.74) is 0.799. The van der Waals surface area contributed by atoms with Gasteiger partial charge in [-0.15, -0.1) is 0 Å². The van der Waals surface area contributed by atoms with Gasteiger partial charge in [0.25, 0.3) is 5.56 Å². The predicted octanol–water partition coefficient (Wildman–Crippen LogP) is 1.83. The molecule has 1 aromatic heterocycles. The quantitative estimate of drug-likeness (QED) is 0.858. The Morgan fingerprint density at radius 1 is 1.30 bits per heavy atom. The van der Waals surface area contributed by atoms with Gasteiger partial charge in [-0.3, -0.25) is 4.79 Å². The van der Waals surface area contributed by atoms with Gasteiger partial charge in [0.2, 0.25) is 0 Å². The second-order valence-corrected chi connectivity index (χ2v) is 6.67. The van der Waals surface area contributed by atoms with E-state index in [4.69, 9.17) is 0 Å². The zero-order chi connectivity index (χ0) is 13.9. The number of hydrogen-bond acceptors (Lipinski definition) is 4. The molecule has 0 atom stereocenters. The maximum atomic E-state index is 12.2. The number of piperidine rings is 1. The van der Waals surface area contributed by atoms with E-state index in [1.165, 1.54) is 25.7 Å². The lowest BCUT2D eigenvalue weighted by Crippen LogP contribution is -2.31. The third kappa shape index (κ3) is 3.41. The van der Waals surface area contributed by atoms with Crippen LogP contribution < -0.4 is 16.2 Å². The van der Waals surface area contributed by atoms with Gasteiger partial charge in [-0.2, -0.15) is 5.10 Å². The van der Waals surface area contributed by atoms with Crippen molar-refractivity contribution in [2.45, 2.75) is 32.2 Å². The molecule has 6 heteroatoms. The van der Waals surface area contributed by atoms with Crippen LogP contribution in [0.2, 0.25) is 0 Å². The standard InChI is InChI=1S/C14H21BrN4O/c15-13-12(17-7-10-3-5-16-6-4-10)8-18-19(14(13)20)9-11-1-2-11/h8,10-11,16-17H,1-7,9H2. The molecule has 1 saturated heterocycles. The molecule has 5 nitrogen and oxygen atoms in total. The van der Waals surface area contributed by atoms with Crippen LogP contribution >= 0.6 is 15.9 Å². The molecule has 0 radical (unpaired) electrons. The van der Waals surface area contributed by atoms with Crippen molar-refractivity contribution in [2.24, 2.45) is 11.8 Å². The van der Waals surface area contributed by atoms with Crippen molar-refractivity contribution in [1.82, 2.24) is 15.1 Å². The third-order valence-corrected chi connectivity index (χ3v) is 4.92. The summed E-state index contributed by atoms with van der Waals surface area (Å²) in [5, 5.41) is 11.0. The molecule has 110 valence electrons. The summed E-state index contributed by atoms with van der Waals surface area (Å²) >= 11 is 3.42. The van der Waals surface area contributed by atoms with Crippen molar-refractivity contribution in [1.29, 1.82) is 0 Å². The highest BCUT2D eigenvalue weighted by Gasteiger charge is 2.23. The number of nitrogens with one attached hydrogen (secondary N) is 2. The molecule has 1 aliphatic heterocycles. The van der Waals surface area contributed by atoms with Crippen molar-refractivity contribution >= 4 is 21.6 Å². The molecule has 0 amide bonds. The molecule has 3 rings (SSSR count). The van der Waals surface area contributed by atoms with Crippen LogP contribution in [0.25, 0.3) is 0 Å². The maximum absolute atomic E-state index is 12.2. The van der Waals surface area contributed by atoms with Gasteiger partial charge < -0.3 is 10.6 Å². The van der Waals surface area contributed by atoms with E-state index in [0.29, 0.717) is 16.3 Å². The fraction of sp³-hybridized carbons (Fsp3) is 0.714. The zero-order valence-electron chi connectivity index (χ0n) is 11.6. The van der Waals surface area contributed by atoms with Crippen LogP contribution in [0.3, 0.4) is 0 Å². The van der Waals surface area contributed by atoms with E-state index in [2.05, 4.69) is 31.7 Å². The minimum absolute atomic E-state index is 0.0211. The Morgan fingerprint density at radius 2 is 2.05 bits per heavy atom. The number of nitrogens with zero attached hydrogens (tertiary/aromatic N) is 2. The summed E-state index contributed by atoms with van der Waals surface area (Å²) in [6, 6.07) is 0. The number of anilines is 1. The summed E-state index contributed by atoms with van der Waals surface area (Å²) in [6.07, 6.45) is 6.60. The lowest BCUT2D eigenvalue weighted by Gasteiger charge is -2.23. The Morgan fingerprint density at radius 3 is 2.75 bits per heavy atom. The van der Waals surface area contributed by atoms with E-state index >= 15 is 0 Å². The Balaban J connectivity index is 1.63. The van der Waals surface area contributed by atoms with Gasteiger partial charge in [0.15, 0.2) is 0 Å². The first kappa shape index (κ1) is 14.1. The first-order valence-electron chi connectivity index (χ1n) is 7.44. The average Bonchev–Trinajstić information content (AvgIpc) is 3.28. The molecule has 1 aromatic rings. The van der Waals surface area contributed by atoms with Gasteiger partial charge in [-0.1, -0.05) is 0 Å². The molecule has 2 aliphatic rings. The molecule has 0 spiro atoms. The average molecular weight is 341 g/mol. The minimum atomic E-state index is -0.0211. The van der Waals surface area contributed by atoms with Crippen LogP contribution in [0, 0.1) is 11.8 Å². The summed E-state index contributed by atoms with van der Waals surface area (Å²) in [7, 11) is 0. The van der Waals surface area contributed by atoms with E-state index < -0.39 is 0 Å². The molecule has 1 aliphatic carbocycles. The highest BCUT2D eigenvalue weighted by atomic mass is 79.9. The van der Waals surface area contributed by atoms with Crippen LogP contribution in [-0.4, -0.2) is 29.4 Å². The van der Waals surface area contributed by atoms with Crippen molar-refractivity contribution in [3.05, 3.63) is 21.0 Å². The second kappa shape index (κ2) is 6.26. The first-order chi connectivity index (χ1) is 9.74. The highest BCUT2D eigenvalue weighted by molar-refractivity contribution is 9.10. The number of rotatable bonds is 5. The molecule has 0 unspecified atom stereocenters. The summed E-state index contributed by atoms with van der Waals surface area (Å²) < 4.78 is 2.19. The Kier molecular flexibility index (Phi) is 4.41. The van der Waals surface area contributed by atoms with Crippen molar-refractivity contribution in [3.63, 3.8) is 0 Å². The number of aromatic nitrogens is 2. The van der Waals surface area contributed by atoms with Crippen LogP contribution in [-0.2, 0) is 6.54 Å². The number of halogens is 1. The fourth-order valence-electron chi connectivity index (χ4n) is 2.60. The molecule has 2 N–H and O–H groups in total. The third-order valence-electron chi connectivity index (χ3n) is 4.15. The smallest absolute Gasteiger partial charge is 0.283 e. The first-order valence-corrected chi connectivity index (χ1v) is 8.23. The van der Waals surface area contributed by atoms with Crippen LogP contribution in [0.1, 0.15) is 25.7 Å². The van der Waals surface area contributed by atoms with E-state index in [1.54, 1.807) is 10.9 Å². The van der Waals surface area contributed by atoms with E-state index in [1.807, 2.05) is 0 Å². The Labute approximate surface area is 127 Å². The normalized spacial score (nSPS) is 20.1. The van der Waals surface area contributed by atoms with Gasteiger partial charge in [-0.05, 0) is 66.5 Å². The molecule has 2 heterocycles. The largest absolute Gasteiger partial charge is 0.382 e. The lowest BCUT2D eigenvalue weighted by atomic mass is 9.98. The molecule has 20 heavy (non-hydrogen) atoms. The maximum Gasteiger partial charge on any atom is 0.283 e. The van der Waals surface area contributed by atoms with Crippen LogP contribution in [0.5, 0.6) is 0 Å². The molecular weight excluding hydrogens is 320 g/mol. The summed E-state index contributed by atoms with van der Waals surface area (Å²) in [5.74, 6) is 1.33. The summed E-state index contributed by atoms with van der Waals surface area (Å²) in [6.45, 7) is 3.85. The van der Waals surface area contributed by atoms with Crippen LogP contribution in [0.4, 0.5) is 5.69 Å². The van der Waals surface area contributed by atoms with Gasteiger partial charge in [-0.25, -0.2) is 4.68 Å². The summed E-state index contributed by atoms with van der Waals surface area (Å²) in [4.78, 5) is 12.2. The number of hydrogen-bond donors (Lipinski definition) is 2. The van der Waals surface area contributed by atoms with Gasteiger partial charge >= 0.3 is 0 Å². The zero-order valence-corrected chi connectivity index (χ0v) is 13.2. The molecule has 2 fully saturated rings. The van der Waals surface area contributed by atoms with Gasteiger partial charge in [0.1, 0.15) is 4.47 Å². The Bertz CT molecular complexity index is 520. The fourth-order valence-corrected chi connectivity index (χ4v) is 3.05.